The van der Waals surface area contributed by atoms with Crippen molar-refractivity contribution in [2.24, 2.45) is 4.99 Å². The molecule has 162 valence electrons. The Morgan fingerprint density at radius 1 is 1.16 bits per heavy atom. The molecule has 0 amide bonds. The Kier molecular flexibility index (Phi) is 6.90. The second-order valence-corrected chi connectivity index (χ2v) is 8.79. The Balaban J connectivity index is 1.60. The van der Waals surface area contributed by atoms with Gasteiger partial charge in [0.1, 0.15) is 12.4 Å². The van der Waals surface area contributed by atoms with Gasteiger partial charge in [0.25, 0.3) is 0 Å². The van der Waals surface area contributed by atoms with Crippen molar-refractivity contribution < 1.29 is 23.4 Å². The molecule has 5 nitrogen and oxygen atoms in total. The van der Waals surface area contributed by atoms with Crippen molar-refractivity contribution >= 4 is 56.5 Å². The number of methoxy groups -OCH3 is 1. The molecule has 3 aromatic rings. The molecule has 3 aromatic carbocycles. The monoisotopic (exact) mass is 607 g/mol. The maximum Gasteiger partial charge on any atom is 0.363 e. The number of benzene rings is 3. The number of cyclic esters (lactones) is 1. The molecule has 0 unspecified atom stereocenters. The lowest BCUT2D eigenvalue weighted by molar-refractivity contribution is -0.129. The first kappa shape index (κ1) is 22.5. The maximum atomic E-state index is 13.4. The third-order valence-corrected chi connectivity index (χ3v) is 6.04. The van der Waals surface area contributed by atoms with Crippen molar-refractivity contribution in [3.8, 4) is 11.5 Å². The van der Waals surface area contributed by atoms with Gasteiger partial charge < -0.3 is 14.2 Å². The van der Waals surface area contributed by atoms with Gasteiger partial charge in [-0.3, -0.25) is 0 Å². The first-order valence-corrected chi connectivity index (χ1v) is 11.3. The van der Waals surface area contributed by atoms with E-state index in [1.807, 2.05) is 30.3 Å². The fourth-order valence-electron chi connectivity index (χ4n) is 3.06. The number of halogens is 3. The predicted octanol–water partition coefficient (Wildman–Crippen LogP) is 6.12. The van der Waals surface area contributed by atoms with E-state index in [1.165, 1.54) is 19.2 Å². The molecule has 0 fully saturated rings. The van der Waals surface area contributed by atoms with Gasteiger partial charge in [0.15, 0.2) is 17.2 Å². The van der Waals surface area contributed by atoms with Crippen LogP contribution in [0.3, 0.4) is 0 Å². The third-order valence-electron chi connectivity index (χ3n) is 4.55. The van der Waals surface area contributed by atoms with Crippen LogP contribution in [0.4, 0.5) is 4.39 Å². The van der Waals surface area contributed by atoms with Crippen LogP contribution in [0, 0.1) is 9.39 Å². The summed E-state index contributed by atoms with van der Waals surface area (Å²) >= 11 is 5.57. The molecule has 4 rings (SSSR count). The third kappa shape index (κ3) is 5.02. The van der Waals surface area contributed by atoms with Crippen molar-refractivity contribution in [2.75, 3.05) is 7.11 Å². The average molecular weight is 608 g/mol. The molecule has 0 aliphatic carbocycles. The molecule has 32 heavy (non-hydrogen) atoms. The van der Waals surface area contributed by atoms with Gasteiger partial charge in [-0.05, 0) is 92.1 Å². The molecule has 0 spiro atoms. The Bertz CT molecular complexity index is 1260. The molecular weight excluding hydrogens is 592 g/mol. The highest BCUT2D eigenvalue weighted by Crippen LogP contribution is 2.35. The lowest BCUT2D eigenvalue weighted by atomic mass is 10.1. The number of hydrogen-bond donors (Lipinski definition) is 0. The van der Waals surface area contributed by atoms with Gasteiger partial charge >= 0.3 is 5.97 Å². The molecule has 8 heteroatoms. The molecule has 0 aromatic heterocycles. The van der Waals surface area contributed by atoms with E-state index in [0.29, 0.717) is 28.2 Å². The van der Waals surface area contributed by atoms with E-state index in [0.717, 1.165) is 8.04 Å². The van der Waals surface area contributed by atoms with Crippen LogP contribution in [0.2, 0.25) is 0 Å². The van der Waals surface area contributed by atoms with Crippen molar-refractivity contribution in [2.45, 2.75) is 6.61 Å². The van der Waals surface area contributed by atoms with Gasteiger partial charge in [-0.15, -0.1) is 0 Å². The lowest BCUT2D eigenvalue weighted by Crippen LogP contribution is -2.05. The molecule has 0 bridgehead atoms. The van der Waals surface area contributed by atoms with E-state index in [2.05, 4.69) is 43.5 Å². The van der Waals surface area contributed by atoms with Crippen LogP contribution in [0.1, 0.15) is 16.7 Å². The summed E-state index contributed by atoms with van der Waals surface area (Å²) in [5.41, 5.74) is 2.28. The quantitative estimate of drug-likeness (QED) is 0.192. The highest BCUT2D eigenvalue weighted by molar-refractivity contribution is 14.1. The lowest BCUT2D eigenvalue weighted by Gasteiger charge is -2.14. The fourth-order valence-corrected chi connectivity index (χ4v) is 4.30. The first-order chi connectivity index (χ1) is 15.4. The Hall–Kier alpha value is -2.72. The van der Waals surface area contributed by atoms with Crippen molar-refractivity contribution in [3.05, 3.63) is 96.9 Å². The molecule has 0 saturated carbocycles. The number of carbonyl (C=O) groups excluding carboxylic acids is 1. The van der Waals surface area contributed by atoms with Crippen LogP contribution in [-0.2, 0) is 16.1 Å². The van der Waals surface area contributed by atoms with Crippen LogP contribution >= 0.6 is 38.5 Å². The summed E-state index contributed by atoms with van der Waals surface area (Å²) in [6.07, 6.45) is 1.63. The molecule has 0 radical (unpaired) electrons. The van der Waals surface area contributed by atoms with E-state index in [9.17, 15) is 9.18 Å². The summed E-state index contributed by atoms with van der Waals surface area (Å²) in [5, 5.41) is 0. The van der Waals surface area contributed by atoms with Crippen LogP contribution in [0.15, 0.2) is 75.8 Å². The van der Waals surface area contributed by atoms with Crippen LogP contribution in [0.25, 0.3) is 6.08 Å². The van der Waals surface area contributed by atoms with Gasteiger partial charge in [0.05, 0.1) is 16.2 Å². The largest absolute Gasteiger partial charge is 0.493 e. The SMILES string of the molecule is COc1cc(/C=C2\N=C(c3ccccc3Br)OC2=O)cc(I)c1OCc1cccc(F)c1. The highest BCUT2D eigenvalue weighted by atomic mass is 127. The summed E-state index contributed by atoms with van der Waals surface area (Å²) in [4.78, 5) is 16.7. The second kappa shape index (κ2) is 9.83. The van der Waals surface area contributed by atoms with Crippen molar-refractivity contribution in [1.82, 2.24) is 0 Å². The van der Waals surface area contributed by atoms with E-state index in [1.54, 1.807) is 24.3 Å². The van der Waals surface area contributed by atoms with Gasteiger partial charge in [-0.25, -0.2) is 14.2 Å². The number of esters is 1. The number of carbonyl (C=O) groups is 1. The molecular formula is C24H16BrFINO4. The van der Waals surface area contributed by atoms with Crippen LogP contribution in [0.5, 0.6) is 11.5 Å². The van der Waals surface area contributed by atoms with E-state index < -0.39 is 5.97 Å². The first-order valence-electron chi connectivity index (χ1n) is 9.47. The normalized spacial score (nSPS) is 14.3. The molecule has 0 N–H and O–H groups in total. The Morgan fingerprint density at radius 2 is 1.97 bits per heavy atom. The summed E-state index contributed by atoms with van der Waals surface area (Å²) in [5.74, 6) is 0.412. The molecule has 1 aliphatic heterocycles. The number of rotatable bonds is 6. The fraction of sp³-hybridized carbons (Fsp3) is 0.0833. The minimum atomic E-state index is -0.531. The van der Waals surface area contributed by atoms with Crippen LogP contribution in [-0.4, -0.2) is 19.0 Å². The predicted molar refractivity (Wildman–Crippen MR) is 131 cm³/mol. The summed E-state index contributed by atoms with van der Waals surface area (Å²) in [6, 6.07) is 17.2. The smallest absolute Gasteiger partial charge is 0.363 e. The van der Waals surface area contributed by atoms with Crippen molar-refractivity contribution in [3.63, 3.8) is 0 Å². The number of hydrogen-bond acceptors (Lipinski definition) is 5. The zero-order valence-electron chi connectivity index (χ0n) is 16.8. The maximum absolute atomic E-state index is 13.4. The highest BCUT2D eigenvalue weighted by Gasteiger charge is 2.25. The summed E-state index contributed by atoms with van der Waals surface area (Å²) < 4.78 is 31.7. The standard InChI is InChI=1S/C24H16BrFINO4/c1-30-21-12-15(10-19(27)22(21)31-13-14-5-4-6-16(26)9-14)11-20-24(29)32-23(28-20)17-7-2-3-8-18(17)25/h2-12H,13H2,1H3/b20-11-. The minimum Gasteiger partial charge on any atom is -0.493 e. The zero-order chi connectivity index (χ0) is 22.7. The second-order valence-electron chi connectivity index (χ2n) is 6.77. The summed E-state index contributed by atoms with van der Waals surface area (Å²) in [6.45, 7) is 0.191. The van der Waals surface area contributed by atoms with Gasteiger partial charge in [0.2, 0.25) is 5.90 Å². The van der Waals surface area contributed by atoms with Gasteiger partial charge in [0, 0.05) is 4.47 Å². The number of nitrogens with zero attached hydrogens (tertiary/aromatic N) is 1. The minimum absolute atomic E-state index is 0.182. The van der Waals surface area contributed by atoms with E-state index in [4.69, 9.17) is 14.2 Å². The van der Waals surface area contributed by atoms with E-state index >= 15 is 0 Å². The zero-order valence-corrected chi connectivity index (χ0v) is 20.5. The molecule has 1 aliphatic rings. The van der Waals surface area contributed by atoms with E-state index in [-0.39, 0.29) is 24.0 Å². The van der Waals surface area contributed by atoms with Gasteiger partial charge in [-0.2, -0.15) is 0 Å². The van der Waals surface area contributed by atoms with Gasteiger partial charge in [-0.1, -0.05) is 24.3 Å². The molecule has 0 atom stereocenters. The average Bonchev–Trinajstić information content (AvgIpc) is 3.13. The van der Waals surface area contributed by atoms with Crippen molar-refractivity contribution in [1.29, 1.82) is 0 Å². The topological polar surface area (TPSA) is 57.1 Å². The van der Waals surface area contributed by atoms with Crippen LogP contribution < -0.4 is 9.47 Å². The Morgan fingerprint density at radius 3 is 2.72 bits per heavy atom. The number of ether oxygens (including phenoxy) is 3. The molecule has 0 saturated heterocycles. The Labute approximate surface area is 206 Å². The number of aliphatic imine (C=N–C) groups is 1. The summed E-state index contributed by atoms with van der Waals surface area (Å²) in [7, 11) is 1.53. The molecule has 1 heterocycles.